The molecule has 0 bridgehead atoms. The summed E-state index contributed by atoms with van der Waals surface area (Å²) in [6.45, 7) is 3.45. The predicted molar refractivity (Wildman–Crippen MR) is 91.2 cm³/mol. The highest BCUT2D eigenvalue weighted by Crippen LogP contribution is 2.28. The number of hydrogen-bond donors (Lipinski definition) is 3. The molecule has 1 amide bonds. The Hall–Kier alpha value is -1.76. The molecule has 0 saturated carbocycles. The zero-order valence-electron chi connectivity index (χ0n) is 13.3. The number of aliphatic hydroxyl groups excluding tert-OH is 2. The fraction of sp³-hybridized carbons (Fsp3) is 0.412. The van der Waals surface area contributed by atoms with Crippen LogP contribution in [0.3, 0.4) is 0 Å². The number of aryl methyl sites for hydroxylation is 1. The van der Waals surface area contributed by atoms with Crippen LogP contribution in [0.5, 0.6) is 0 Å². The number of carbonyl (C=O) groups is 1. The Bertz CT molecular complexity index is 638. The molecule has 0 unspecified atom stereocenters. The molecule has 5 nitrogen and oxygen atoms in total. The minimum atomic E-state index is -0.504. The number of nitrogens with one attached hydrogen (secondary N) is 1. The topological polar surface area (TPSA) is 82.5 Å². The summed E-state index contributed by atoms with van der Waals surface area (Å²) in [7, 11) is 0. The molecule has 0 aliphatic rings. The number of aliphatic hydroxyl groups is 2. The van der Waals surface area contributed by atoms with Gasteiger partial charge in [-0.1, -0.05) is 24.3 Å². The van der Waals surface area contributed by atoms with Gasteiger partial charge in [-0.25, -0.2) is 4.98 Å². The minimum Gasteiger partial charge on any atom is -0.394 e. The molecule has 0 saturated heterocycles. The van der Waals surface area contributed by atoms with Gasteiger partial charge in [-0.05, 0) is 31.4 Å². The van der Waals surface area contributed by atoms with E-state index in [9.17, 15) is 15.0 Å². The van der Waals surface area contributed by atoms with Crippen molar-refractivity contribution in [1.29, 1.82) is 0 Å². The molecule has 0 fully saturated rings. The number of aromatic nitrogens is 1. The summed E-state index contributed by atoms with van der Waals surface area (Å²) < 4.78 is 0. The third kappa shape index (κ3) is 4.86. The maximum Gasteiger partial charge on any atom is 0.220 e. The minimum absolute atomic E-state index is 0.167. The molecule has 0 spiro atoms. The molecule has 1 aromatic carbocycles. The van der Waals surface area contributed by atoms with Crippen molar-refractivity contribution in [2.45, 2.75) is 38.8 Å². The van der Waals surface area contributed by atoms with E-state index in [4.69, 9.17) is 0 Å². The molecule has 0 aliphatic heterocycles. The summed E-state index contributed by atoms with van der Waals surface area (Å²) in [5, 5.41) is 21.5. The van der Waals surface area contributed by atoms with Gasteiger partial charge in [0.2, 0.25) is 5.91 Å². The fourth-order valence-electron chi connectivity index (χ4n) is 2.29. The Balaban J connectivity index is 2.04. The maximum absolute atomic E-state index is 11.8. The van der Waals surface area contributed by atoms with Crippen molar-refractivity contribution in [3.8, 4) is 10.4 Å². The van der Waals surface area contributed by atoms with Crippen LogP contribution < -0.4 is 5.32 Å². The Kier molecular flexibility index (Phi) is 6.27. The van der Waals surface area contributed by atoms with Gasteiger partial charge in [0.25, 0.3) is 0 Å². The van der Waals surface area contributed by atoms with Crippen molar-refractivity contribution < 1.29 is 15.0 Å². The van der Waals surface area contributed by atoms with Gasteiger partial charge in [0.05, 0.1) is 34.8 Å². The number of amides is 1. The van der Waals surface area contributed by atoms with E-state index in [1.165, 1.54) is 0 Å². The normalized spacial score (nSPS) is 13.6. The largest absolute Gasteiger partial charge is 0.394 e. The second-order valence-corrected chi connectivity index (χ2v) is 6.43. The fourth-order valence-corrected chi connectivity index (χ4v) is 3.10. The Morgan fingerprint density at radius 2 is 2.04 bits per heavy atom. The number of hydrogen-bond acceptors (Lipinski definition) is 5. The van der Waals surface area contributed by atoms with Gasteiger partial charge in [-0.15, -0.1) is 11.3 Å². The molecule has 1 aromatic heterocycles. The van der Waals surface area contributed by atoms with E-state index >= 15 is 0 Å². The van der Waals surface area contributed by atoms with Crippen LogP contribution in [-0.2, 0) is 4.79 Å². The van der Waals surface area contributed by atoms with Gasteiger partial charge in [-0.2, -0.15) is 0 Å². The van der Waals surface area contributed by atoms with E-state index in [1.54, 1.807) is 18.3 Å². The SMILES string of the molecule is Cc1ncsc1-c1ccc([C@H](CO)NC(=O)CC[C@H](C)O)cc1. The summed E-state index contributed by atoms with van der Waals surface area (Å²) in [5.41, 5.74) is 4.74. The smallest absolute Gasteiger partial charge is 0.220 e. The van der Waals surface area contributed by atoms with E-state index in [2.05, 4.69) is 10.3 Å². The average molecular weight is 334 g/mol. The van der Waals surface area contributed by atoms with Crippen LogP contribution in [0.15, 0.2) is 29.8 Å². The molecule has 0 radical (unpaired) electrons. The lowest BCUT2D eigenvalue weighted by atomic mass is 10.0. The van der Waals surface area contributed by atoms with E-state index in [0.29, 0.717) is 6.42 Å². The molecule has 3 N–H and O–H groups in total. The van der Waals surface area contributed by atoms with E-state index in [0.717, 1.165) is 21.7 Å². The van der Waals surface area contributed by atoms with Crippen LogP contribution in [0, 0.1) is 6.92 Å². The van der Waals surface area contributed by atoms with Crippen LogP contribution in [0.1, 0.15) is 37.1 Å². The van der Waals surface area contributed by atoms with Crippen molar-refractivity contribution >= 4 is 17.2 Å². The molecule has 124 valence electrons. The lowest BCUT2D eigenvalue weighted by Gasteiger charge is -2.17. The summed E-state index contributed by atoms with van der Waals surface area (Å²) >= 11 is 1.59. The first-order valence-corrected chi connectivity index (χ1v) is 8.48. The van der Waals surface area contributed by atoms with Gasteiger partial charge in [0.15, 0.2) is 0 Å². The summed E-state index contributed by atoms with van der Waals surface area (Å²) in [6, 6.07) is 7.32. The predicted octanol–water partition coefficient (Wildman–Crippen LogP) is 2.43. The second-order valence-electron chi connectivity index (χ2n) is 5.58. The molecule has 2 aromatic rings. The summed E-state index contributed by atoms with van der Waals surface area (Å²) in [4.78, 5) is 17.2. The van der Waals surface area contributed by atoms with Crippen molar-refractivity contribution in [3.05, 3.63) is 41.0 Å². The molecule has 1 heterocycles. The number of thiazole rings is 1. The summed E-state index contributed by atoms with van der Waals surface area (Å²) in [6.07, 6.45) is 0.148. The number of benzene rings is 1. The highest BCUT2D eigenvalue weighted by atomic mass is 32.1. The third-order valence-corrected chi connectivity index (χ3v) is 4.61. The number of carbonyl (C=O) groups excluding carboxylic acids is 1. The van der Waals surface area contributed by atoms with E-state index in [-0.39, 0.29) is 18.9 Å². The monoisotopic (exact) mass is 334 g/mol. The molecular formula is C17H22N2O3S. The molecule has 6 heteroatoms. The van der Waals surface area contributed by atoms with Crippen LogP contribution in [-0.4, -0.2) is 33.8 Å². The highest BCUT2D eigenvalue weighted by molar-refractivity contribution is 7.13. The van der Waals surface area contributed by atoms with E-state index < -0.39 is 12.1 Å². The van der Waals surface area contributed by atoms with Crippen LogP contribution >= 0.6 is 11.3 Å². The zero-order chi connectivity index (χ0) is 16.8. The molecule has 2 rings (SSSR count). The van der Waals surface area contributed by atoms with Crippen LogP contribution in [0.2, 0.25) is 0 Å². The Morgan fingerprint density at radius 3 is 2.57 bits per heavy atom. The number of rotatable bonds is 7. The zero-order valence-corrected chi connectivity index (χ0v) is 14.1. The molecule has 0 aliphatic carbocycles. The van der Waals surface area contributed by atoms with Crippen molar-refractivity contribution in [1.82, 2.24) is 10.3 Å². The van der Waals surface area contributed by atoms with Crippen molar-refractivity contribution in [2.24, 2.45) is 0 Å². The third-order valence-electron chi connectivity index (χ3n) is 3.63. The highest BCUT2D eigenvalue weighted by Gasteiger charge is 2.14. The Morgan fingerprint density at radius 1 is 1.35 bits per heavy atom. The first-order valence-electron chi connectivity index (χ1n) is 7.60. The maximum atomic E-state index is 11.8. The van der Waals surface area contributed by atoms with Crippen LogP contribution in [0.4, 0.5) is 0 Å². The lowest BCUT2D eigenvalue weighted by Crippen LogP contribution is -2.31. The first-order chi connectivity index (χ1) is 11.0. The van der Waals surface area contributed by atoms with Gasteiger partial charge in [-0.3, -0.25) is 4.79 Å². The summed E-state index contributed by atoms with van der Waals surface area (Å²) in [5.74, 6) is -0.174. The average Bonchev–Trinajstić information content (AvgIpc) is 2.97. The first kappa shape index (κ1) is 17.6. The quantitative estimate of drug-likeness (QED) is 0.726. The van der Waals surface area contributed by atoms with Crippen molar-refractivity contribution in [3.63, 3.8) is 0 Å². The lowest BCUT2D eigenvalue weighted by molar-refractivity contribution is -0.122. The Labute approximate surface area is 140 Å². The molecule has 23 heavy (non-hydrogen) atoms. The van der Waals surface area contributed by atoms with Crippen molar-refractivity contribution in [2.75, 3.05) is 6.61 Å². The van der Waals surface area contributed by atoms with Gasteiger partial charge in [0, 0.05) is 6.42 Å². The molecular weight excluding hydrogens is 312 g/mol. The molecule has 2 atom stereocenters. The standard InChI is InChI=1S/C17H22N2O3S/c1-11(21)3-8-16(22)19-15(9-20)13-4-6-14(7-5-13)17-12(2)18-10-23-17/h4-7,10-11,15,20-21H,3,8-9H2,1-2H3,(H,19,22)/t11-,15-/m0/s1. The van der Waals surface area contributed by atoms with E-state index in [1.807, 2.05) is 36.7 Å². The number of nitrogens with zero attached hydrogens (tertiary/aromatic N) is 1. The van der Waals surface area contributed by atoms with Gasteiger partial charge in [0.1, 0.15) is 0 Å². The van der Waals surface area contributed by atoms with Gasteiger partial charge < -0.3 is 15.5 Å². The second kappa shape index (κ2) is 8.19. The van der Waals surface area contributed by atoms with Crippen LogP contribution in [0.25, 0.3) is 10.4 Å². The van der Waals surface area contributed by atoms with Gasteiger partial charge >= 0.3 is 0 Å².